The summed E-state index contributed by atoms with van der Waals surface area (Å²) >= 11 is 0. The van der Waals surface area contributed by atoms with Gasteiger partial charge < -0.3 is 9.47 Å². The zero-order chi connectivity index (χ0) is 19.5. The van der Waals surface area contributed by atoms with Crippen LogP contribution >= 0.6 is 0 Å². The molecule has 3 fully saturated rings. The van der Waals surface area contributed by atoms with Gasteiger partial charge in [-0.1, -0.05) is 26.8 Å². The number of carbonyl (C=O) groups excluding carboxylic acids is 2. The highest BCUT2D eigenvalue weighted by molar-refractivity contribution is 5.85. The van der Waals surface area contributed by atoms with Crippen molar-refractivity contribution in [1.82, 2.24) is 0 Å². The zero-order valence-corrected chi connectivity index (χ0v) is 17.2. The van der Waals surface area contributed by atoms with Gasteiger partial charge in [0.1, 0.15) is 11.9 Å². The van der Waals surface area contributed by atoms with Crippen molar-refractivity contribution in [2.24, 2.45) is 22.7 Å². The van der Waals surface area contributed by atoms with E-state index in [4.69, 9.17) is 9.47 Å². The number of ketones is 1. The highest BCUT2D eigenvalue weighted by Gasteiger charge is 2.67. The summed E-state index contributed by atoms with van der Waals surface area (Å²) < 4.78 is 12.5. The average Bonchev–Trinajstić information content (AvgIpc) is 2.49. The molecule has 1 aliphatic heterocycles. The van der Waals surface area contributed by atoms with Crippen LogP contribution in [0.4, 0.5) is 0 Å². The molecule has 0 spiro atoms. The molecule has 146 valence electrons. The van der Waals surface area contributed by atoms with Crippen LogP contribution in [0.5, 0.6) is 0 Å². The summed E-state index contributed by atoms with van der Waals surface area (Å²) in [7, 11) is 0. The molecule has 0 bridgehead atoms. The molecule has 0 aromatic heterocycles. The minimum atomic E-state index is -0.492. The van der Waals surface area contributed by atoms with Crippen molar-refractivity contribution in [2.75, 3.05) is 0 Å². The fourth-order valence-corrected chi connectivity index (χ4v) is 6.72. The van der Waals surface area contributed by atoms with Crippen LogP contribution in [-0.4, -0.2) is 29.1 Å². The number of fused-ring (bicyclic) bond motifs is 3. The van der Waals surface area contributed by atoms with E-state index in [0.29, 0.717) is 18.8 Å². The number of Topliss-reactive ketones (excluding diaryl/α,β-unsaturated/α-hetero) is 1. The molecule has 0 aromatic rings. The molecule has 1 heterocycles. The first-order chi connectivity index (χ1) is 11.9. The molecule has 6 atom stereocenters. The minimum absolute atomic E-state index is 0.0231. The molecule has 4 heteroatoms. The van der Waals surface area contributed by atoms with Gasteiger partial charge in [-0.3, -0.25) is 9.59 Å². The van der Waals surface area contributed by atoms with Crippen LogP contribution in [0.2, 0.25) is 0 Å². The van der Waals surface area contributed by atoms with Gasteiger partial charge in [0.2, 0.25) is 0 Å². The molecule has 0 N–H and O–H groups in total. The van der Waals surface area contributed by atoms with Crippen molar-refractivity contribution in [2.45, 2.75) is 91.0 Å². The normalized spacial score (nSPS) is 47.5. The Morgan fingerprint density at radius 1 is 1.23 bits per heavy atom. The Labute approximate surface area is 157 Å². The van der Waals surface area contributed by atoms with E-state index < -0.39 is 5.41 Å². The van der Waals surface area contributed by atoms with Crippen LogP contribution in [0, 0.1) is 22.7 Å². The Morgan fingerprint density at radius 2 is 1.88 bits per heavy atom. The molecule has 0 aromatic carbocycles. The topological polar surface area (TPSA) is 52.6 Å². The second-order valence-electron chi connectivity index (χ2n) is 10.0. The van der Waals surface area contributed by atoms with Crippen LogP contribution in [0.3, 0.4) is 0 Å². The summed E-state index contributed by atoms with van der Waals surface area (Å²) in [6.07, 6.45) is 5.65. The molecule has 2 saturated carbocycles. The van der Waals surface area contributed by atoms with Gasteiger partial charge in [-0.25, -0.2) is 0 Å². The predicted octanol–water partition coefficient (Wildman–Crippen LogP) is 4.46. The highest BCUT2D eigenvalue weighted by Crippen LogP contribution is 2.65. The van der Waals surface area contributed by atoms with Gasteiger partial charge in [-0.2, -0.15) is 0 Å². The van der Waals surface area contributed by atoms with Gasteiger partial charge in [-0.15, -0.1) is 6.58 Å². The summed E-state index contributed by atoms with van der Waals surface area (Å²) in [4.78, 5) is 24.6. The number of esters is 1. The third-order valence-electron chi connectivity index (χ3n) is 7.75. The van der Waals surface area contributed by atoms with Gasteiger partial charge >= 0.3 is 5.97 Å². The first-order valence-electron chi connectivity index (χ1n) is 9.92. The first-order valence-corrected chi connectivity index (χ1v) is 9.92. The highest BCUT2D eigenvalue weighted by atomic mass is 16.6. The van der Waals surface area contributed by atoms with Crippen molar-refractivity contribution < 1.29 is 19.1 Å². The Kier molecular flexibility index (Phi) is 4.46. The van der Waals surface area contributed by atoms with E-state index in [1.807, 2.05) is 19.9 Å². The number of hydrogen-bond acceptors (Lipinski definition) is 4. The van der Waals surface area contributed by atoms with Crippen molar-refractivity contribution in [1.29, 1.82) is 0 Å². The van der Waals surface area contributed by atoms with Gasteiger partial charge in [0, 0.05) is 31.1 Å². The van der Waals surface area contributed by atoms with E-state index in [1.165, 1.54) is 6.92 Å². The van der Waals surface area contributed by atoms with Crippen LogP contribution in [0.25, 0.3) is 0 Å². The lowest BCUT2D eigenvalue weighted by atomic mass is 9.43. The Balaban J connectivity index is 2.08. The maximum absolute atomic E-state index is 12.7. The minimum Gasteiger partial charge on any atom is -0.462 e. The van der Waals surface area contributed by atoms with Crippen LogP contribution in [0.1, 0.15) is 73.6 Å². The lowest BCUT2D eigenvalue weighted by Gasteiger charge is -2.66. The van der Waals surface area contributed by atoms with E-state index >= 15 is 0 Å². The van der Waals surface area contributed by atoms with Crippen LogP contribution < -0.4 is 0 Å². The van der Waals surface area contributed by atoms with E-state index in [0.717, 1.165) is 19.3 Å². The molecule has 0 unspecified atom stereocenters. The van der Waals surface area contributed by atoms with Crippen molar-refractivity contribution in [3.8, 4) is 0 Å². The van der Waals surface area contributed by atoms with Crippen LogP contribution in [-0.2, 0) is 19.1 Å². The largest absolute Gasteiger partial charge is 0.462 e. The fraction of sp³-hybridized carbons (Fsp3) is 0.818. The number of ether oxygens (including phenoxy) is 2. The second-order valence-corrected chi connectivity index (χ2v) is 10.0. The Morgan fingerprint density at radius 3 is 2.46 bits per heavy atom. The summed E-state index contributed by atoms with van der Waals surface area (Å²) in [6.45, 7) is 16.0. The monoisotopic (exact) mass is 362 g/mol. The molecule has 0 amide bonds. The van der Waals surface area contributed by atoms with Gasteiger partial charge in [0.05, 0.1) is 11.2 Å². The fourth-order valence-electron chi connectivity index (χ4n) is 6.72. The first kappa shape index (κ1) is 19.6. The Hall–Kier alpha value is -1.16. The molecule has 0 radical (unpaired) electrons. The zero-order valence-electron chi connectivity index (χ0n) is 17.2. The van der Waals surface area contributed by atoms with E-state index in [2.05, 4.69) is 27.4 Å². The lowest BCUT2D eigenvalue weighted by Crippen LogP contribution is -2.68. The smallest absolute Gasteiger partial charge is 0.302 e. The summed E-state index contributed by atoms with van der Waals surface area (Å²) in [6, 6.07) is 0. The molecule has 3 rings (SSSR count). The van der Waals surface area contributed by atoms with Crippen molar-refractivity contribution in [3.63, 3.8) is 0 Å². The summed E-state index contributed by atoms with van der Waals surface area (Å²) in [5, 5.41) is 0. The SMILES string of the molecule is C=C[C@@]1(C)CC[C@H]2[C@]3(C)CCC(=O)C(C)(C)[C@H]3[C@H](OC(C)=O)C[C@]2(C)O1. The predicted molar refractivity (Wildman–Crippen MR) is 101 cm³/mol. The number of carbonyl (C=O) groups is 2. The third-order valence-corrected chi connectivity index (χ3v) is 7.75. The van der Waals surface area contributed by atoms with E-state index in [9.17, 15) is 9.59 Å². The molecule has 3 aliphatic rings. The molecule has 26 heavy (non-hydrogen) atoms. The van der Waals surface area contributed by atoms with Gasteiger partial charge in [0.25, 0.3) is 0 Å². The van der Waals surface area contributed by atoms with Gasteiger partial charge in [-0.05, 0) is 44.4 Å². The van der Waals surface area contributed by atoms with E-state index in [-0.39, 0.29) is 40.4 Å². The van der Waals surface area contributed by atoms with Crippen molar-refractivity contribution >= 4 is 11.8 Å². The quantitative estimate of drug-likeness (QED) is 0.537. The van der Waals surface area contributed by atoms with Crippen LogP contribution in [0.15, 0.2) is 12.7 Å². The molecule has 1 saturated heterocycles. The molecule has 4 nitrogen and oxygen atoms in total. The van der Waals surface area contributed by atoms with Crippen molar-refractivity contribution in [3.05, 3.63) is 12.7 Å². The number of hydrogen-bond donors (Lipinski definition) is 0. The average molecular weight is 363 g/mol. The van der Waals surface area contributed by atoms with E-state index in [1.54, 1.807) is 0 Å². The van der Waals surface area contributed by atoms with Gasteiger partial charge in [0.15, 0.2) is 0 Å². The molecular weight excluding hydrogens is 328 g/mol. The second kappa shape index (κ2) is 5.92. The Bertz CT molecular complexity index is 638. The summed E-state index contributed by atoms with van der Waals surface area (Å²) in [5.41, 5.74) is -1.32. The maximum Gasteiger partial charge on any atom is 0.302 e. The number of rotatable bonds is 2. The maximum atomic E-state index is 12.7. The molecule has 2 aliphatic carbocycles. The lowest BCUT2D eigenvalue weighted by molar-refractivity contribution is -0.275. The third kappa shape index (κ3) is 2.76. The standard InChI is InChI=1S/C22H34O4/c1-8-20(5)11-9-16-21(6)12-10-17(24)19(3,4)18(21)15(25-14(2)23)13-22(16,7)26-20/h8,15-16,18H,1,9-13H2,2-7H3/t15-,16+,18-,20+,21+,22+/m1/s1. The molecular formula is C22H34O4. The summed E-state index contributed by atoms with van der Waals surface area (Å²) in [5.74, 6) is 0.367.